The minimum absolute atomic E-state index is 0.0258. The number of hydrogen-bond donors (Lipinski definition) is 0. The molecule has 0 spiro atoms. The second kappa shape index (κ2) is 8.23. The monoisotopic (exact) mass is 348 g/mol. The van der Waals surface area contributed by atoms with Crippen LogP contribution in [0.5, 0.6) is 5.75 Å². The van der Waals surface area contributed by atoms with Gasteiger partial charge < -0.3 is 19.3 Å². The van der Waals surface area contributed by atoms with Crippen molar-refractivity contribution in [3.8, 4) is 5.75 Å². The van der Waals surface area contributed by atoms with E-state index in [1.54, 1.807) is 16.7 Å². The molecule has 0 bridgehead atoms. The van der Waals surface area contributed by atoms with E-state index in [1.165, 1.54) is 0 Å². The highest BCUT2D eigenvalue weighted by Gasteiger charge is 2.34. The number of carbonyl (C=O) groups is 2. The van der Waals surface area contributed by atoms with Crippen molar-refractivity contribution >= 4 is 12.0 Å². The van der Waals surface area contributed by atoms with Gasteiger partial charge >= 0.3 is 6.09 Å². The number of carbonyl (C=O) groups excluding carboxylic acids is 2. The molecule has 6 heteroatoms. The fourth-order valence-electron chi connectivity index (χ4n) is 2.78. The summed E-state index contributed by atoms with van der Waals surface area (Å²) in [6, 6.07) is 9.45. The quantitative estimate of drug-likeness (QED) is 0.839. The van der Waals surface area contributed by atoms with Crippen molar-refractivity contribution in [2.24, 2.45) is 0 Å². The molecule has 1 aliphatic rings. The van der Waals surface area contributed by atoms with Crippen LogP contribution in [0.3, 0.4) is 0 Å². The van der Waals surface area contributed by atoms with Crippen LogP contribution in [0.15, 0.2) is 30.3 Å². The van der Waals surface area contributed by atoms with E-state index in [2.05, 4.69) is 0 Å². The number of amides is 2. The standard InChI is InChI=1S/C19H28N2O4/c1-15(22)20-11-12-21(18(23)25-19(2,3)4)16(14-20)10-13-24-17-8-6-5-7-9-17/h5-9,16H,10-14H2,1-4H3/t16-/m0/s1. The summed E-state index contributed by atoms with van der Waals surface area (Å²) in [5.41, 5.74) is -0.542. The molecule has 138 valence electrons. The molecule has 0 radical (unpaired) electrons. The molecule has 6 nitrogen and oxygen atoms in total. The highest BCUT2D eigenvalue weighted by Crippen LogP contribution is 2.19. The van der Waals surface area contributed by atoms with Crippen molar-refractivity contribution in [2.75, 3.05) is 26.2 Å². The molecular formula is C19H28N2O4. The van der Waals surface area contributed by atoms with E-state index in [0.717, 1.165) is 5.75 Å². The number of nitrogens with zero attached hydrogens (tertiary/aromatic N) is 2. The fourth-order valence-corrected chi connectivity index (χ4v) is 2.78. The summed E-state index contributed by atoms with van der Waals surface area (Å²) < 4.78 is 11.3. The smallest absolute Gasteiger partial charge is 0.410 e. The molecule has 1 aliphatic heterocycles. The lowest BCUT2D eigenvalue weighted by atomic mass is 10.1. The molecule has 2 rings (SSSR count). The number of hydrogen-bond acceptors (Lipinski definition) is 4. The maximum absolute atomic E-state index is 12.5. The van der Waals surface area contributed by atoms with Crippen LogP contribution in [0.4, 0.5) is 4.79 Å². The topological polar surface area (TPSA) is 59.1 Å². The molecule has 25 heavy (non-hydrogen) atoms. The third-order valence-electron chi connectivity index (χ3n) is 4.02. The molecule has 0 saturated carbocycles. The lowest BCUT2D eigenvalue weighted by molar-refractivity contribution is -0.132. The summed E-state index contributed by atoms with van der Waals surface area (Å²) in [5.74, 6) is 0.823. The van der Waals surface area contributed by atoms with Crippen molar-refractivity contribution in [2.45, 2.75) is 45.8 Å². The molecule has 1 aromatic carbocycles. The summed E-state index contributed by atoms with van der Waals surface area (Å²) >= 11 is 0. The van der Waals surface area contributed by atoms with E-state index in [-0.39, 0.29) is 18.0 Å². The lowest BCUT2D eigenvalue weighted by Gasteiger charge is -2.41. The van der Waals surface area contributed by atoms with Gasteiger partial charge in [-0.25, -0.2) is 4.79 Å². The second-order valence-electron chi connectivity index (χ2n) is 7.24. The van der Waals surface area contributed by atoms with E-state index in [9.17, 15) is 9.59 Å². The fraction of sp³-hybridized carbons (Fsp3) is 0.579. The zero-order valence-electron chi connectivity index (χ0n) is 15.5. The van der Waals surface area contributed by atoms with Crippen LogP contribution < -0.4 is 4.74 Å². The Labute approximate surface area is 149 Å². The molecule has 2 amide bonds. The predicted molar refractivity (Wildman–Crippen MR) is 95.5 cm³/mol. The molecule has 0 aliphatic carbocycles. The van der Waals surface area contributed by atoms with Gasteiger partial charge in [0.15, 0.2) is 0 Å². The number of para-hydroxylation sites is 1. The first-order chi connectivity index (χ1) is 11.8. The first-order valence-corrected chi connectivity index (χ1v) is 8.69. The maximum Gasteiger partial charge on any atom is 0.410 e. The minimum Gasteiger partial charge on any atom is -0.494 e. The average Bonchev–Trinajstić information content (AvgIpc) is 2.54. The highest BCUT2D eigenvalue weighted by atomic mass is 16.6. The Hall–Kier alpha value is -2.24. The van der Waals surface area contributed by atoms with Gasteiger partial charge in [0, 0.05) is 33.0 Å². The molecule has 0 N–H and O–H groups in total. The van der Waals surface area contributed by atoms with Gasteiger partial charge in [0.05, 0.1) is 12.6 Å². The van der Waals surface area contributed by atoms with Crippen LogP contribution in [0.1, 0.15) is 34.1 Å². The van der Waals surface area contributed by atoms with Gasteiger partial charge in [0.1, 0.15) is 11.4 Å². The first kappa shape index (κ1) is 19.1. The summed E-state index contributed by atoms with van der Waals surface area (Å²) in [4.78, 5) is 27.7. The van der Waals surface area contributed by atoms with Crippen LogP contribution in [-0.4, -0.2) is 59.7 Å². The zero-order valence-corrected chi connectivity index (χ0v) is 15.5. The Balaban J connectivity index is 1.98. The number of piperazine rings is 1. The van der Waals surface area contributed by atoms with Gasteiger partial charge in [-0.15, -0.1) is 0 Å². The number of ether oxygens (including phenoxy) is 2. The summed E-state index contributed by atoms with van der Waals surface area (Å²) in [6.07, 6.45) is 0.304. The Morgan fingerprint density at radius 2 is 1.84 bits per heavy atom. The number of rotatable bonds is 4. The Morgan fingerprint density at radius 3 is 2.44 bits per heavy atom. The van der Waals surface area contributed by atoms with Crippen LogP contribution in [0.2, 0.25) is 0 Å². The largest absolute Gasteiger partial charge is 0.494 e. The van der Waals surface area contributed by atoms with Gasteiger partial charge in [-0.3, -0.25) is 4.79 Å². The molecule has 1 heterocycles. The number of benzene rings is 1. The van der Waals surface area contributed by atoms with E-state index in [4.69, 9.17) is 9.47 Å². The normalized spacial score (nSPS) is 18.0. The van der Waals surface area contributed by atoms with Gasteiger partial charge in [-0.05, 0) is 32.9 Å². The van der Waals surface area contributed by atoms with Crippen molar-refractivity contribution in [1.82, 2.24) is 9.80 Å². The summed E-state index contributed by atoms with van der Waals surface area (Å²) in [5, 5.41) is 0. The third kappa shape index (κ3) is 5.96. The van der Waals surface area contributed by atoms with Gasteiger partial charge in [-0.1, -0.05) is 18.2 Å². The first-order valence-electron chi connectivity index (χ1n) is 8.69. The predicted octanol–water partition coefficient (Wildman–Crippen LogP) is 2.92. The van der Waals surface area contributed by atoms with E-state index >= 15 is 0 Å². The molecule has 1 saturated heterocycles. The SMILES string of the molecule is CC(=O)N1CCN(C(=O)OC(C)(C)C)[C@@H](CCOc2ccccc2)C1. The Bertz CT molecular complexity index is 583. The van der Waals surface area contributed by atoms with Crippen molar-refractivity contribution in [1.29, 1.82) is 0 Å². The van der Waals surface area contributed by atoms with Gasteiger partial charge in [0.25, 0.3) is 0 Å². The maximum atomic E-state index is 12.5. The van der Waals surface area contributed by atoms with Crippen LogP contribution in [0.25, 0.3) is 0 Å². The molecule has 1 atom stereocenters. The average molecular weight is 348 g/mol. The van der Waals surface area contributed by atoms with Crippen LogP contribution >= 0.6 is 0 Å². The molecule has 0 aromatic heterocycles. The van der Waals surface area contributed by atoms with Gasteiger partial charge in [0.2, 0.25) is 5.91 Å². The van der Waals surface area contributed by atoms with Crippen molar-refractivity contribution in [3.63, 3.8) is 0 Å². The van der Waals surface area contributed by atoms with Crippen LogP contribution in [0, 0.1) is 0 Å². The van der Waals surface area contributed by atoms with E-state index in [1.807, 2.05) is 51.1 Å². The third-order valence-corrected chi connectivity index (χ3v) is 4.02. The van der Waals surface area contributed by atoms with E-state index < -0.39 is 5.60 Å². The molecule has 0 unspecified atom stereocenters. The van der Waals surface area contributed by atoms with Crippen molar-refractivity contribution < 1.29 is 19.1 Å². The second-order valence-corrected chi connectivity index (χ2v) is 7.24. The molecular weight excluding hydrogens is 320 g/mol. The van der Waals surface area contributed by atoms with Crippen molar-refractivity contribution in [3.05, 3.63) is 30.3 Å². The van der Waals surface area contributed by atoms with Gasteiger partial charge in [-0.2, -0.15) is 0 Å². The summed E-state index contributed by atoms with van der Waals surface area (Å²) in [7, 11) is 0. The Kier molecular flexibility index (Phi) is 6.28. The minimum atomic E-state index is -0.542. The molecule has 1 fully saturated rings. The highest BCUT2D eigenvalue weighted by molar-refractivity contribution is 5.74. The summed E-state index contributed by atoms with van der Waals surface area (Å²) in [6.45, 7) is 9.10. The van der Waals surface area contributed by atoms with E-state index in [0.29, 0.717) is 32.7 Å². The van der Waals surface area contributed by atoms with Crippen LogP contribution in [-0.2, 0) is 9.53 Å². The lowest BCUT2D eigenvalue weighted by Crippen LogP contribution is -2.57. The zero-order chi connectivity index (χ0) is 18.4. The Morgan fingerprint density at radius 1 is 1.16 bits per heavy atom. The molecule has 1 aromatic rings.